The van der Waals surface area contributed by atoms with Gasteiger partial charge in [0.25, 0.3) is 5.91 Å². The van der Waals surface area contributed by atoms with Gasteiger partial charge in [0.15, 0.2) is 6.61 Å². The number of likely N-dealkylation sites (tertiary alicyclic amines) is 1. The maximum atomic E-state index is 12.2. The molecule has 1 aromatic carbocycles. The highest BCUT2D eigenvalue weighted by Crippen LogP contribution is 2.19. The fourth-order valence-electron chi connectivity index (χ4n) is 3.17. The number of carbonyl (C=O) groups excluding carboxylic acids is 3. The summed E-state index contributed by atoms with van der Waals surface area (Å²) in [5, 5.41) is 2.77. The fraction of sp³-hybridized carbons (Fsp3) is 0.550. The molecule has 6 heteroatoms. The molecule has 26 heavy (non-hydrogen) atoms. The van der Waals surface area contributed by atoms with Gasteiger partial charge in [-0.2, -0.15) is 0 Å². The van der Waals surface area contributed by atoms with Crippen molar-refractivity contribution in [3.63, 3.8) is 0 Å². The van der Waals surface area contributed by atoms with Crippen molar-refractivity contribution < 1.29 is 19.1 Å². The van der Waals surface area contributed by atoms with Crippen LogP contribution in [0.2, 0.25) is 0 Å². The van der Waals surface area contributed by atoms with Gasteiger partial charge in [0.1, 0.15) is 0 Å². The molecule has 0 bridgehead atoms. The Balaban J connectivity index is 1.89. The molecule has 1 saturated heterocycles. The molecule has 0 saturated carbocycles. The molecule has 2 atom stereocenters. The summed E-state index contributed by atoms with van der Waals surface area (Å²) in [6.07, 6.45) is 2.10. The first-order chi connectivity index (χ1) is 12.3. The number of aryl methyl sites for hydroxylation is 1. The Hall–Kier alpha value is -2.37. The van der Waals surface area contributed by atoms with Crippen LogP contribution in [0.1, 0.15) is 50.3 Å². The zero-order chi connectivity index (χ0) is 19.1. The average Bonchev–Trinajstić information content (AvgIpc) is 2.59. The second kappa shape index (κ2) is 9.36. The highest BCUT2D eigenvalue weighted by Gasteiger charge is 2.23. The Morgan fingerprint density at radius 2 is 1.96 bits per heavy atom. The summed E-state index contributed by atoms with van der Waals surface area (Å²) in [6, 6.07) is 7.14. The number of benzene rings is 1. The topological polar surface area (TPSA) is 75.7 Å². The SMILES string of the molecule is CC(=O)NC(CC(=O)OCC(=O)N1CCCC(C)C1)c1ccc(C)cc1. The van der Waals surface area contributed by atoms with E-state index in [9.17, 15) is 14.4 Å². The van der Waals surface area contributed by atoms with E-state index in [1.54, 1.807) is 4.90 Å². The first-order valence-corrected chi connectivity index (χ1v) is 9.12. The molecule has 1 aromatic rings. The van der Waals surface area contributed by atoms with Crippen LogP contribution in [0.3, 0.4) is 0 Å². The monoisotopic (exact) mass is 360 g/mol. The van der Waals surface area contributed by atoms with Gasteiger partial charge in [0, 0.05) is 20.0 Å². The molecule has 142 valence electrons. The van der Waals surface area contributed by atoms with Crippen molar-refractivity contribution in [3.8, 4) is 0 Å². The highest BCUT2D eigenvalue weighted by atomic mass is 16.5. The third-order valence-electron chi connectivity index (χ3n) is 4.59. The van der Waals surface area contributed by atoms with Crippen molar-refractivity contribution in [2.75, 3.05) is 19.7 Å². The van der Waals surface area contributed by atoms with Crippen molar-refractivity contribution in [1.82, 2.24) is 10.2 Å². The van der Waals surface area contributed by atoms with Gasteiger partial charge in [-0.3, -0.25) is 14.4 Å². The van der Waals surface area contributed by atoms with Crippen molar-refractivity contribution in [1.29, 1.82) is 0 Å². The van der Waals surface area contributed by atoms with Gasteiger partial charge in [-0.15, -0.1) is 0 Å². The van der Waals surface area contributed by atoms with E-state index in [2.05, 4.69) is 12.2 Å². The Kier molecular flexibility index (Phi) is 7.18. The van der Waals surface area contributed by atoms with E-state index in [1.165, 1.54) is 6.92 Å². The van der Waals surface area contributed by atoms with Crippen molar-refractivity contribution in [2.24, 2.45) is 5.92 Å². The number of piperidine rings is 1. The molecule has 1 aliphatic heterocycles. The predicted octanol–water partition coefficient (Wildman–Crippen LogP) is 2.36. The zero-order valence-corrected chi connectivity index (χ0v) is 15.8. The smallest absolute Gasteiger partial charge is 0.308 e. The molecular weight excluding hydrogens is 332 g/mol. The summed E-state index contributed by atoms with van der Waals surface area (Å²) in [5.41, 5.74) is 1.93. The van der Waals surface area contributed by atoms with E-state index in [0.29, 0.717) is 12.5 Å². The number of nitrogens with one attached hydrogen (secondary N) is 1. The van der Waals surface area contributed by atoms with Crippen LogP contribution in [0.5, 0.6) is 0 Å². The minimum atomic E-state index is -0.497. The third kappa shape index (κ3) is 6.17. The molecule has 0 aromatic heterocycles. The molecule has 2 unspecified atom stereocenters. The van der Waals surface area contributed by atoms with Gasteiger partial charge < -0.3 is 15.0 Å². The largest absolute Gasteiger partial charge is 0.455 e. The number of rotatable bonds is 6. The molecular formula is C20H28N2O4. The fourth-order valence-corrected chi connectivity index (χ4v) is 3.17. The first-order valence-electron chi connectivity index (χ1n) is 9.12. The highest BCUT2D eigenvalue weighted by molar-refractivity contribution is 5.81. The van der Waals surface area contributed by atoms with E-state index >= 15 is 0 Å². The second-order valence-electron chi connectivity index (χ2n) is 7.12. The first kappa shape index (κ1) is 19.9. The number of ether oxygens (including phenoxy) is 1. The van der Waals surface area contributed by atoms with E-state index in [4.69, 9.17) is 4.74 Å². The summed E-state index contributed by atoms with van der Waals surface area (Å²) >= 11 is 0. The number of hydrogen-bond donors (Lipinski definition) is 1. The molecule has 1 N–H and O–H groups in total. The lowest BCUT2D eigenvalue weighted by molar-refractivity contribution is -0.153. The van der Waals surface area contributed by atoms with Gasteiger partial charge in [0.2, 0.25) is 5.91 Å². The Labute approximate surface area is 154 Å². The molecule has 6 nitrogen and oxygen atoms in total. The van der Waals surface area contributed by atoms with Crippen LogP contribution in [0.25, 0.3) is 0 Å². The van der Waals surface area contributed by atoms with Crippen molar-refractivity contribution in [3.05, 3.63) is 35.4 Å². The van der Waals surface area contributed by atoms with Gasteiger partial charge in [0.05, 0.1) is 12.5 Å². The Bertz CT molecular complexity index is 642. The molecule has 0 aliphatic carbocycles. The number of hydrogen-bond acceptors (Lipinski definition) is 4. The van der Waals surface area contributed by atoms with Gasteiger partial charge >= 0.3 is 5.97 Å². The molecule has 0 spiro atoms. The summed E-state index contributed by atoms with van der Waals surface area (Å²) in [6.45, 7) is 6.69. The minimum absolute atomic E-state index is 0.00762. The number of amides is 2. The van der Waals surface area contributed by atoms with Crippen molar-refractivity contribution in [2.45, 2.75) is 46.1 Å². The lowest BCUT2D eigenvalue weighted by Crippen LogP contribution is -2.41. The van der Waals surface area contributed by atoms with Crippen LogP contribution < -0.4 is 5.32 Å². The summed E-state index contributed by atoms with van der Waals surface area (Å²) in [4.78, 5) is 37.6. The normalized spacial score (nSPS) is 18.1. The van der Waals surface area contributed by atoms with Gasteiger partial charge in [-0.25, -0.2) is 0 Å². The molecule has 2 rings (SSSR count). The van der Waals surface area contributed by atoms with E-state index < -0.39 is 12.0 Å². The average molecular weight is 360 g/mol. The van der Waals surface area contributed by atoms with Crippen LogP contribution in [-0.2, 0) is 19.1 Å². The van der Waals surface area contributed by atoms with Gasteiger partial charge in [-0.1, -0.05) is 36.8 Å². The lowest BCUT2D eigenvalue weighted by atomic mass is 10.0. The zero-order valence-electron chi connectivity index (χ0n) is 15.8. The maximum Gasteiger partial charge on any atom is 0.308 e. The molecule has 1 fully saturated rings. The molecule has 2 amide bonds. The Morgan fingerprint density at radius 3 is 2.58 bits per heavy atom. The van der Waals surface area contributed by atoms with Gasteiger partial charge in [-0.05, 0) is 31.2 Å². The second-order valence-corrected chi connectivity index (χ2v) is 7.12. The van der Waals surface area contributed by atoms with E-state index in [-0.39, 0.29) is 24.8 Å². The Morgan fingerprint density at radius 1 is 1.27 bits per heavy atom. The van der Waals surface area contributed by atoms with Crippen LogP contribution >= 0.6 is 0 Å². The number of carbonyl (C=O) groups is 3. The summed E-state index contributed by atoms with van der Waals surface area (Å²) in [5.74, 6) is -0.394. The summed E-state index contributed by atoms with van der Waals surface area (Å²) < 4.78 is 5.17. The van der Waals surface area contributed by atoms with Crippen LogP contribution in [0.15, 0.2) is 24.3 Å². The van der Waals surface area contributed by atoms with E-state index in [0.717, 1.165) is 30.5 Å². The minimum Gasteiger partial charge on any atom is -0.455 e. The van der Waals surface area contributed by atoms with Crippen LogP contribution in [0, 0.1) is 12.8 Å². The summed E-state index contributed by atoms with van der Waals surface area (Å²) in [7, 11) is 0. The van der Waals surface area contributed by atoms with Crippen LogP contribution in [0.4, 0.5) is 0 Å². The third-order valence-corrected chi connectivity index (χ3v) is 4.59. The molecule has 1 heterocycles. The maximum absolute atomic E-state index is 12.2. The number of esters is 1. The number of nitrogens with zero attached hydrogens (tertiary/aromatic N) is 1. The van der Waals surface area contributed by atoms with Crippen LogP contribution in [-0.4, -0.2) is 42.4 Å². The standard InChI is InChI=1S/C20H28N2O4/c1-14-6-8-17(9-7-14)18(21-16(3)23)11-20(25)26-13-19(24)22-10-4-5-15(2)12-22/h6-9,15,18H,4-5,10-13H2,1-3H3,(H,21,23). The van der Waals surface area contributed by atoms with Crippen molar-refractivity contribution >= 4 is 17.8 Å². The van der Waals surface area contributed by atoms with E-state index in [1.807, 2.05) is 31.2 Å². The lowest BCUT2D eigenvalue weighted by Gasteiger charge is -2.30. The predicted molar refractivity (Wildman–Crippen MR) is 98.3 cm³/mol. The molecule has 1 aliphatic rings. The molecule has 0 radical (unpaired) electrons. The quantitative estimate of drug-likeness (QED) is 0.790.